The summed E-state index contributed by atoms with van der Waals surface area (Å²) in [6.45, 7) is 4.55. The molecule has 2 atom stereocenters. The van der Waals surface area contributed by atoms with Gasteiger partial charge in [0, 0.05) is 12.8 Å². The zero-order valence-corrected chi connectivity index (χ0v) is 44.9. The lowest BCUT2D eigenvalue weighted by atomic mass is 10.0. The van der Waals surface area contributed by atoms with Gasteiger partial charge >= 0.3 is 11.9 Å². The molecule has 0 radical (unpaired) electrons. The standard InChI is InChI=1S/C60H103NO8/c1-6-8-10-12-14-16-18-20-21-22-23-24-25-26-27-28-29-30-31-32-33-34-35-36-37-39-41-43-45-47-49-51-58(63)69-56(55-68-60(59(64)65)66-53-52-61(3,4)5)54-67-57(62)50-48-46-44-42-40-38-19-17-15-13-11-9-7-2/h8,10-11,13-14,16-17,19-21,23-24,26-27,56,60H,6-7,9,12,15,18,22,25,28-55H2,1-5H3/b10-8-,13-11-,16-14-,19-17-,21-20-,24-23-,27-26-. The number of hydrogen-bond donors (Lipinski definition) is 0. The molecule has 0 aromatic carbocycles. The van der Waals surface area contributed by atoms with Crippen LogP contribution in [0.2, 0.25) is 0 Å². The second-order valence-electron chi connectivity index (χ2n) is 19.5. The number of ether oxygens (including phenoxy) is 4. The Labute approximate surface area is 423 Å². The van der Waals surface area contributed by atoms with E-state index in [0.717, 1.165) is 103 Å². The van der Waals surface area contributed by atoms with Gasteiger partial charge in [-0.1, -0.05) is 208 Å². The molecule has 0 rings (SSSR count). The van der Waals surface area contributed by atoms with Crippen molar-refractivity contribution in [3.05, 3.63) is 85.1 Å². The van der Waals surface area contributed by atoms with Gasteiger partial charge in [0.15, 0.2) is 12.4 Å². The number of likely N-dealkylation sites (N-methyl/N-ethyl adjacent to an activating group) is 1. The first-order valence-corrected chi connectivity index (χ1v) is 27.7. The Morgan fingerprint density at radius 1 is 0.449 bits per heavy atom. The first-order chi connectivity index (χ1) is 33.6. The van der Waals surface area contributed by atoms with Crippen LogP contribution in [0.15, 0.2) is 85.1 Å². The van der Waals surface area contributed by atoms with Crippen LogP contribution in [0.25, 0.3) is 0 Å². The Morgan fingerprint density at radius 2 is 0.826 bits per heavy atom. The average molecular weight is 966 g/mol. The molecule has 9 nitrogen and oxygen atoms in total. The summed E-state index contributed by atoms with van der Waals surface area (Å²) in [6, 6.07) is 0. The number of unbranched alkanes of at least 4 members (excludes halogenated alkanes) is 21. The number of rotatable bonds is 50. The van der Waals surface area contributed by atoms with E-state index in [-0.39, 0.29) is 38.6 Å². The predicted octanol–water partition coefficient (Wildman–Crippen LogP) is 14.7. The van der Waals surface area contributed by atoms with Crippen LogP contribution in [0.5, 0.6) is 0 Å². The van der Waals surface area contributed by atoms with Crippen molar-refractivity contribution < 1.29 is 42.9 Å². The number of carboxylic acid groups (broad SMARTS) is 1. The number of carboxylic acids is 1. The summed E-state index contributed by atoms with van der Waals surface area (Å²) in [7, 11) is 5.91. The van der Waals surface area contributed by atoms with Gasteiger partial charge in [-0.3, -0.25) is 9.59 Å². The number of carbonyl (C=O) groups is 3. The van der Waals surface area contributed by atoms with Gasteiger partial charge < -0.3 is 33.3 Å². The number of quaternary nitrogens is 1. The summed E-state index contributed by atoms with van der Waals surface area (Å²) in [4.78, 5) is 37.2. The van der Waals surface area contributed by atoms with E-state index in [1.165, 1.54) is 83.5 Å². The minimum atomic E-state index is -1.63. The molecule has 0 saturated carbocycles. The Kier molecular flexibility index (Phi) is 48.2. The minimum absolute atomic E-state index is 0.143. The van der Waals surface area contributed by atoms with Crippen molar-refractivity contribution in [3.8, 4) is 0 Å². The van der Waals surface area contributed by atoms with Crippen LogP contribution in [0.4, 0.5) is 0 Å². The monoisotopic (exact) mass is 966 g/mol. The molecule has 0 spiro atoms. The van der Waals surface area contributed by atoms with Gasteiger partial charge in [0.1, 0.15) is 13.2 Å². The van der Waals surface area contributed by atoms with Gasteiger partial charge in [0.05, 0.1) is 40.3 Å². The van der Waals surface area contributed by atoms with E-state index in [2.05, 4.69) is 98.9 Å². The maximum Gasteiger partial charge on any atom is 0.306 e. The fourth-order valence-electron chi connectivity index (χ4n) is 7.37. The van der Waals surface area contributed by atoms with Gasteiger partial charge in [-0.15, -0.1) is 0 Å². The third-order valence-electron chi connectivity index (χ3n) is 11.6. The second kappa shape index (κ2) is 50.8. The van der Waals surface area contributed by atoms with Crippen molar-refractivity contribution in [2.24, 2.45) is 0 Å². The smallest absolute Gasteiger partial charge is 0.306 e. The summed E-state index contributed by atoms with van der Waals surface area (Å²) < 4.78 is 22.6. The fourth-order valence-corrected chi connectivity index (χ4v) is 7.37. The molecule has 0 heterocycles. The SMILES string of the molecule is CC/C=C\C/C=C\C/C=C\C/C=C\C/C=C\CCCCCCCCCCCCCCCCCC(=O)OC(COC(=O)CCCCCCC/C=C\C/C=C\CCC)COC(OCC[N+](C)(C)C)C(=O)[O-]. The van der Waals surface area contributed by atoms with Crippen LogP contribution in [-0.2, 0) is 33.3 Å². The summed E-state index contributed by atoms with van der Waals surface area (Å²) in [5.74, 6) is -2.31. The predicted molar refractivity (Wildman–Crippen MR) is 288 cm³/mol. The van der Waals surface area contributed by atoms with E-state index in [1.54, 1.807) is 0 Å². The molecule has 0 aliphatic rings. The Balaban J connectivity index is 4.16. The molecule has 0 aliphatic carbocycles. The summed E-state index contributed by atoms with van der Waals surface area (Å²) in [6.07, 6.45) is 63.5. The Bertz CT molecular complexity index is 1400. The molecule has 69 heavy (non-hydrogen) atoms. The highest BCUT2D eigenvalue weighted by Gasteiger charge is 2.22. The second-order valence-corrected chi connectivity index (χ2v) is 19.5. The normalized spacial score (nSPS) is 13.5. The fraction of sp³-hybridized carbons (Fsp3) is 0.717. The molecule has 2 unspecified atom stereocenters. The van der Waals surface area contributed by atoms with Gasteiger partial charge in [-0.2, -0.15) is 0 Å². The number of hydrogen-bond acceptors (Lipinski definition) is 8. The van der Waals surface area contributed by atoms with E-state index in [4.69, 9.17) is 18.9 Å². The van der Waals surface area contributed by atoms with Gasteiger partial charge in [-0.05, 0) is 83.5 Å². The molecule has 0 N–H and O–H groups in total. The third-order valence-corrected chi connectivity index (χ3v) is 11.6. The van der Waals surface area contributed by atoms with E-state index in [0.29, 0.717) is 17.4 Å². The molecule has 0 amide bonds. The van der Waals surface area contributed by atoms with Crippen LogP contribution < -0.4 is 5.11 Å². The Hall–Kier alpha value is -3.53. The molecule has 0 saturated heterocycles. The van der Waals surface area contributed by atoms with Crippen molar-refractivity contribution in [2.45, 2.75) is 232 Å². The van der Waals surface area contributed by atoms with E-state index in [1.807, 2.05) is 21.1 Å². The van der Waals surface area contributed by atoms with Crippen LogP contribution >= 0.6 is 0 Å². The van der Waals surface area contributed by atoms with Gasteiger partial charge in [-0.25, -0.2) is 0 Å². The lowest BCUT2D eigenvalue weighted by Crippen LogP contribution is -2.44. The summed E-state index contributed by atoms with van der Waals surface area (Å²) >= 11 is 0. The molecule has 0 aliphatic heterocycles. The molecule has 9 heteroatoms. The first kappa shape index (κ1) is 65.5. The van der Waals surface area contributed by atoms with E-state index < -0.39 is 24.3 Å². The number of nitrogens with zero attached hydrogens (tertiary/aromatic N) is 1. The van der Waals surface area contributed by atoms with Crippen LogP contribution in [0.3, 0.4) is 0 Å². The lowest BCUT2D eigenvalue weighted by molar-refractivity contribution is -0.870. The van der Waals surface area contributed by atoms with E-state index >= 15 is 0 Å². The molecular formula is C60H103NO8. The molecule has 0 aromatic rings. The average Bonchev–Trinajstić information content (AvgIpc) is 3.31. The Morgan fingerprint density at radius 3 is 1.23 bits per heavy atom. The summed E-state index contributed by atoms with van der Waals surface area (Å²) in [5.41, 5.74) is 0. The van der Waals surface area contributed by atoms with Crippen LogP contribution in [0, 0.1) is 0 Å². The maximum absolute atomic E-state index is 12.8. The number of aliphatic carboxylic acids is 1. The highest BCUT2D eigenvalue weighted by atomic mass is 16.7. The topological polar surface area (TPSA) is 111 Å². The number of allylic oxidation sites excluding steroid dienone is 14. The largest absolute Gasteiger partial charge is 0.545 e. The third kappa shape index (κ3) is 52.1. The highest BCUT2D eigenvalue weighted by molar-refractivity contribution is 5.70. The van der Waals surface area contributed by atoms with Crippen LogP contribution in [0.1, 0.15) is 219 Å². The van der Waals surface area contributed by atoms with Crippen LogP contribution in [-0.4, -0.2) is 82.3 Å². The summed E-state index contributed by atoms with van der Waals surface area (Å²) in [5, 5.41) is 11.7. The number of carbonyl (C=O) groups excluding carboxylic acids is 3. The molecule has 0 aromatic heterocycles. The first-order valence-electron chi connectivity index (χ1n) is 27.7. The van der Waals surface area contributed by atoms with Crippen molar-refractivity contribution in [3.63, 3.8) is 0 Å². The van der Waals surface area contributed by atoms with Crippen molar-refractivity contribution in [1.82, 2.24) is 0 Å². The molecular weight excluding hydrogens is 863 g/mol. The lowest BCUT2D eigenvalue weighted by Gasteiger charge is -2.26. The maximum atomic E-state index is 12.8. The van der Waals surface area contributed by atoms with Gasteiger partial charge in [0.25, 0.3) is 0 Å². The molecule has 0 bridgehead atoms. The molecule has 0 fully saturated rings. The minimum Gasteiger partial charge on any atom is -0.545 e. The number of esters is 2. The van der Waals surface area contributed by atoms with Crippen molar-refractivity contribution in [2.75, 3.05) is 47.5 Å². The quantitative estimate of drug-likeness (QED) is 0.0195. The molecule has 396 valence electrons. The highest BCUT2D eigenvalue weighted by Crippen LogP contribution is 2.16. The van der Waals surface area contributed by atoms with Gasteiger partial charge in [0.2, 0.25) is 0 Å². The van der Waals surface area contributed by atoms with E-state index in [9.17, 15) is 19.5 Å². The zero-order valence-electron chi connectivity index (χ0n) is 44.9. The van der Waals surface area contributed by atoms with Crippen molar-refractivity contribution >= 4 is 17.9 Å². The zero-order chi connectivity index (χ0) is 50.6. The van der Waals surface area contributed by atoms with Crippen molar-refractivity contribution in [1.29, 1.82) is 0 Å².